The molecule has 21 aromatic carbocycles. The maximum atomic E-state index is 6.16. The van der Waals surface area contributed by atoms with Crippen LogP contribution in [-0.4, -0.2) is 0 Å². The van der Waals surface area contributed by atoms with Crippen molar-refractivity contribution in [1.82, 2.24) is 0 Å². The van der Waals surface area contributed by atoms with Crippen molar-refractivity contribution >= 4 is 78.0 Å². The standard InChI is InChI=1S/C66H45NO.C60H41NO/c1-5-15-46(16-6-1)54-39-55(47-17-7-2-8-18-47)42-58(41-54)51-27-34-61(35-28-51)67(60-32-25-50(26-33-60)53-31-38-66-64(45-53)63-23-13-14-24-65(63)68-66)62-36-29-52(30-37-62)59-43-56(48-19-9-3-10-20-48)40-57(44-59)49-21-11-4-12-22-49;1-4-12-42(13-5-1)45-20-22-46(23-21-45)47-24-31-54(32-25-47)61(55-33-26-48(27-34-55)50-30-37-60-58(41-50)57-18-10-11-19-59(57)62-60)56-35-28-49(29-36-56)53-39-51(43-14-6-2-7-15-43)38-52(40-53)44-16-8-3-9-17-44/h1-45H;1-41H. The van der Waals surface area contributed by atoms with Crippen molar-refractivity contribution < 1.29 is 8.83 Å². The molecular weight excluding hydrogens is 1570 g/mol. The van der Waals surface area contributed by atoms with Crippen LogP contribution in [0, 0.1) is 0 Å². The molecule has 0 bridgehead atoms. The van der Waals surface area contributed by atoms with E-state index in [0.717, 1.165) is 117 Å². The van der Waals surface area contributed by atoms with Crippen LogP contribution < -0.4 is 9.80 Å². The SMILES string of the molecule is c1ccc(-c2cc(-c3ccccc3)cc(-c3ccc(N(c4ccc(-c5cc(-c6ccccc6)cc(-c6ccccc6)c5)cc4)c4ccc(-c5ccc6oc7ccccc7c6c5)cc4)cc3)c2)cc1.c1ccc(-c2ccc(-c3ccc(N(c4ccc(-c5cc(-c6ccccc6)cc(-c6ccccc6)c5)cc4)c4ccc(-c5ccc6oc7ccccc7c6c5)cc4)cc3)cc2)cc1. The lowest BCUT2D eigenvalue weighted by Crippen LogP contribution is -2.09. The number of rotatable bonds is 19. The minimum Gasteiger partial charge on any atom is -0.456 e. The van der Waals surface area contributed by atoms with E-state index in [1.165, 1.54) is 106 Å². The van der Waals surface area contributed by atoms with Gasteiger partial charge in [-0.3, -0.25) is 0 Å². The van der Waals surface area contributed by atoms with Crippen LogP contribution in [0.15, 0.2) is 531 Å². The van der Waals surface area contributed by atoms with Gasteiger partial charge < -0.3 is 18.6 Å². The smallest absolute Gasteiger partial charge is 0.135 e. The lowest BCUT2D eigenvalue weighted by atomic mass is 9.93. The van der Waals surface area contributed by atoms with Gasteiger partial charge in [-0.25, -0.2) is 0 Å². The first-order chi connectivity index (χ1) is 64.4. The molecule has 4 heteroatoms. The number of para-hydroxylation sites is 2. The summed E-state index contributed by atoms with van der Waals surface area (Å²) in [5, 5.41) is 4.52. The first kappa shape index (κ1) is 78.8. The van der Waals surface area contributed by atoms with Crippen molar-refractivity contribution in [1.29, 1.82) is 0 Å². The highest BCUT2D eigenvalue weighted by atomic mass is 16.3. The fourth-order valence-corrected chi connectivity index (χ4v) is 18.2. The molecule has 23 aromatic rings. The molecule has 0 N–H and O–H groups in total. The van der Waals surface area contributed by atoms with E-state index in [0.29, 0.717) is 0 Å². The molecule has 0 saturated heterocycles. The fraction of sp³-hybridized carbons (Fsp3) is 0. The van der Waals surface area contributed by atoms with Gasteiger partial charge in [0.1, 0.15) is 22.3 Å². The quantitative estimate of drug-likeness (QED) is 0.0808. The summed E-state index contributed by atoms with van der Waals surface area (Å²) in [7, 11) is 0. The van der Waals surface area contributed by atoms with E-state index < -0.39 is 0 Å². The molecule has 0 aliphatic heterocycles. The second-order valence-electron chi connectivity index (χ2n) is 33.1. The van der Waals surface area contributed by atoms with Gasteiger partial charge in [-0.1, -0.05) is 358 Å². The first-order valence-electron chi connectivity index (χ1n) is 44.4. The van der Waals surface area contributed by atoms with E-state index in [4.69, 9.17) is 8.83 Å². The Hall–Kier alpha value is -17.2. The highest BCUT2D eigenvalue weighted by molar-refractivity contribution is 6.08. The normalized spacial score (nSPS) is 11.2. The van der Waals surface area contributed by atoms with Crippen LogP contribution in [0.3, 0.4) is 0 Å². The lowest BCUT2D eigenvalue weighted by Gasteiger charge is -2.26. The Labute approximate surface area is 757 Å². The van der Waals surface area contributed by atoms with Crippen LogP contribution in [0.4, 0.5) is 34.1 Å². The summed E-state index contributed by atoms with van der Waals surface area (Å²) in [6.07, 6.45) is 0. The van der Waals surface area contributed by atoms with Gasteiger partial charge in [0, 0.05) is 55.7 Å². The van der Waals surface area contributed by atoms with Crippen molar-refractivity contribution in [2.45, 2.75) is 0 Å². The van der Waals surface area contributed by atoms with Gasteiger partial charge in [0.15, 0.2) is 0 Å². The average Bonchev–Trinajstić information content (AvgIpc) is 0.987. The Morgan fingerprint density at radius 2 is 0.246 bits per heavy atom. The molecule has 0 saturated carbocycles. The molecule has 2 aromatic heterocycles. The van der Waals surface area contributed by atoms with Crippen LogP contribution in [0.25, 0.3) is 189 Å². The molecule has 0 amide bonds. The summed E-state index contributed by atoms with van der Waals surface area (Å²) in [6.45, 7) is 0. The molecule has 0 atom stereocenters. The number of anilines is 6. The van der Waals surface area contributed by atoms with Crippen molar-refractivity contribution in [3.8, 4) is 145 Å². The number of furan rings is 2. The maximum absolute atomic E-state index is 6.16. The Balaban J connectivity index is 0.000000153. The van der Waals surface area contributed by atoms with Crippen molar-refractivity contribution in [2.24, 2.45) is 0 Å². The predicted molar refractivity (Wildman–Crippen MR) is 547 cm³/mol. The van der Waals surface area contributed by atoms with Gasteiger partial charge in [0.05, 0.1) is 0 Å². The Bertz CT molecular complexity index is 7560. The predicted octanol–water partition coefficient (Wildman–Crippen LogP) is 35.8. The van der Waals surface area contributed by atoms with Gasteiger partial charge in [0.25, 0.3) is 0 Å². The largest absolute Gasteiger partial charge is 0.456 e. The highest BCUT2D eigenvalue weighted by Gasteiger charge is 2.21. The molecule has 0 aliphatic rings. The lowest BCUT2D eigenvalue weighted by molar-refractivity contribution is 0.668. The average molecular weight is 1660 g/mol. The molecular formula is C126H86N2O2. The number of nitrogens with zero attached hydrogens (tertiary/aromatic N) is 2. The third-order valence-electron chi connectivity index (χ3n) is 24.9. The number of hydrogen-bond acceptors (Lipinski definition) is 4. The van der Waals surface area contributed by atoms with Crippen LogP contribution >= 0.6 is 0 Å². The molecule has 0 aliphatic carbocycles. The maximum Gasteiger partial charge on any atom is 0.135 e. The van der Waals surface area contributed by atoms with E-state index in [1.54, 1.807) is 0 Å². The first-order valence-corrected chi connectivity index (χ1v) is 44.4. The third-order valence-corrected chi connectivity index (χ3v) is 24.9. The Kier molecular flexibility index (Phi) is 21.5. The third kappa shape index (κ3) is 16.5. The van der Waals surface area contributed by atoms with Crippen molar-refractivity contribution in [2.75, 3.05) is 9.80 Å². The van der Waals surface area contributed by atoms with Crippen LogP contribution in [0.2, 0.25) is 0 Å². The van der Waals surface area contributed by atoms with Crippen LogP contribution in [0.5, 0.6) is 0 Å². The summed E-state index contributed by atoms with van der Waals surface area (Å²) in [5.74, 6) is 0. The van der Waals surface area contributed by atoms with E-state index in [9.17, 15) is 0 Å². The van der Waals surface area contributed by atoms with Gasteiger partial charge in [-0.15, -0.1) is 0 Å². The molecule has 2 heterocycles. The summed E-state index contributed by atoms with van der Waals surface area (Å²) in [4.78, 5) is 4.70. The number of fused-ring (bicyclic) bond motifs is 6. The summed E-state index contributed by atoms with van der Waals surface area (Å²) in [6, 6.07) is 187. The molecule has 612 valence electrons. The highest BCUT2D eigenvalue weighted by Crippen LogP contribution is 2.45. The van der Waals surface area contributed by atoms with Crippen LogP contribution in [0.1, 0.15) is 0 Å². The second kappa shape index (κ2) is 35.5. The van der Waals surface area contributed by atoms with E-state index >= 15 is 0 Å². The van der Waals surface area contributed by atoms with Crippen LogP contribution in [-0.2, 0) is 0 Å². The van der Waals surface area contributed by atoms with E-state index in [-0.39, 0.29) is 0 Å². The molecule has 23 rings (SSSR count). The fourth-order valence-electron chi connectivity index (χ4n) is 18.2. The molecule has 130 heavy (non-hydrogen) atoms. The van der Waals surface area contributed by atoms with Crippen molar-refractivity contribution in [3.05, 3.63) is 522 Å². The van der Waals surface area contributed by atoms with Gasteiger partial charge >= 0.3 is 0 Å². The zero-order chi connectivity index (χ0) is 86.5. The van der Waals surface area contributed by atoms with Gasteiger partial charge in [-0.05, 0) is 308 Å². The van der Waals surface area contributed by atoms with Gasteiger partial charge in [0.2, 0.25) is 0 Å². The monoisotopic (exact) mass is 1660 g/mol. The molecule has 4 nitrogen and oxygen atoms in total. The zero-order valence-electron chi connectivity index (χ0n) is 71.4. The zero-order valence-corrected chi connectivity index (χ0v) is 71.4. The van der Waals surface area contributed by atoms with Gasteiger partial charge in [-0.2, -0.15) is 0 Å². The number of benzene rings is 21. The Morgan fingerprint density at radius 3 is 0.462 bits per heavy atom. The summed E-state index contributed by atoms with van der Waals surface area (Å²) < 4.78 is 12.3. The number of hydrogen-bond donors (Lipinski definition) is 0. The molecule has 0 fully saturated rings. The minimum atomic E-state index is 0.899. The molecule has 0 radical (unpaired) electrons. The second-order valence-corrected chi connectivity index (χ2v) is 33.1. The topological polar surface area (TPSA) is 32.8 Å². The summed E-state index contributed by atoms with van der Waals surface area (Å²) in [5.41, 5.74) is 40.8. The van der Waals surface area contributed by atoms with E-state index in [1.807, 2.05) is 24.3 Å². The molecule has 0 spiro atoms. The summed E-state index contributed by atoms with van der Waals surface area (Å²) >= 11 is 0. The van der Waals surface area contributed by atoms with Crippen molar-refractivity contribution in [3.63, 3.8) is 0 Å². The minimum absolute atomic E-state index is 0.899. The Morgan fingerprint density at radius 1 is 0.100 bits per heavy atom. The molecule has 0 unspecified atom stereocenters. The van der Waals surface area contributed by atoms with E-state index in [2.05, 4.69) is 507 Å².